The molecule has 1 aliphatic heterocycles. The number of aromatic nitrogens is 5. The fourth-order valence-corrected chi connectivity index (χ4v) is 3.26. The largest absolute Gasteiger partial charge is 0.467 e. The number of ether oxygens (including phenoxy) is 2. The summed E-state index contributed by atoms with van der Waals surface area (Å²) in [6.07, 6.45) is 6.86. The standard InChI is InChI=1S/C16H21N7O2/c1-24-15-19-14(20-16(21-15)25-2)22-8-6-12(9-22)23(11-3-4-11)13-5-7-17-10-18-13/h5,7,10-12H,3-4,6,8-9H2,1-2H3. The molecule has 0 N–H and O–H groups in total. The van der Waals surface area contributed by atoms with Gasteiger partial charge >= 0.3 is 12.0 Å². The second kappa shape index (κ2) is 6.66. The molecule has 1 saturated heterocycles. The van der Waals surface area contributed by atoms with Crippen LogP contribution in [0.25, 0.3) is 0 Å². The van der Waals surface area contributed by atoms with Gasteiger partial charge in [0, 0.05) is 31.4 Å². The van der Waals surface area contributed by atoms with Gasteiger partial charge in [0.2, 0.25) is 5.95 Å². The van der Waals surface area contributed by atoms with Crippen molar-refractivity contribution in [1.29, 1.82) is 0 Å². The Morgan fingerprint density at radius 2 is 1.80 bits per heavy atom. The Morgan fingerprint density at radius 3 is 2.40 bits per heavy atom. The van der Waals surface area contributed by atoms with E-state index in [4.69, 9.17) is 9.47 Å². The third-order valence-electron chi connectivity index (χ3n) is 4.56. The van der Waals surface area contributed by atoms with E-state index in [1.54, 1.807) is 12.5 Å². The van der Waals surface area contributed by atoms with Crippen molar-refractivity contribution in [3.63, 3.8) is 0 Å². The van der Waals surface area contributed by atoms with E-state index in [-0.39, 0.29) is 12.0 Å². The minimum atomic E-state index is 0.264. The lowest BCUT2D eigenvalue weighted by Gasteiger charge is -2.30. The van der Waals surface area contributed by atoms with Crippen molar-refractivity contribution >= 4 is 11.8 Å². The first-order valence-electron chi connectivity index (χ1n) is 8.42. The van der Waals surface area contributed by atoms with Crippen LogP contribution in [0.5, 0.6) is 12.0 Å². The average molecular weight is 343 g/mol. The van der Waals surface area contributed by atoms with Gasteiger partial charge in [-0.3, -0.25) is 0 Å². The Bertz CT molecular complexity index is 703. The summed E-state index contributed by atoms with van der Waals surface area (Å²) in [5.74, 6) is 1.58. The van der Waals surface area contributed by atoms with Gasteiger partial charge in [0.1, 0.15) is 12.1 Å². The topological polar surface area (TPSA) is 89.4 Å². The molecule has 9 heteroatoms. The fourth-order valence-electron chi connectivity index (χ4n) is 3.26. The van der Waals surface area contributed by atoms with Crippen molar-refractivity contribution in [3.05, 3.63) is 18.6 Å². The van der Waals surface area contributed by atoms with Crippen molar-refractivity contribution in [2.45, 2.75) is 31.3 Å². The molecule has 0 radical (unpaired) electrons. The Labute approximate surface area is 146 Å². The monoisotopic (exact) mass is 343 g/mol. The van der Waals surface area contributed by atoms with Crippen LogP contribution in [0, 0.1) is 0 Å². The van der Waals surface area contributed by atoms with Gasteiger partial charge in [0.15, 0.2) is 0 Å². The van der Waals surface area contributed by atoms with E-state index in [9.17, 15) is 0 Å². The van der Waals surface area contributed by atoms with Gasteiger partial charge in [0.25, 0.3) is 0 Å². The highest BCUT2D eigenvalue weighted by Crippen LogP contribution is 2.35. The number of anilines is 2. The Balaban J connectivity index is 1.54. The Kier molecular flexibility index (Phi) is 4.21. The molecule has 2 aliphatic rings. The molecule has 0 spiro atoms. The second-order valence-corrected chi connectivity index (χ2v) is 6.20. The molecule has 2 aromatic heterocycles. The van der Waals surface area contributed by atoms with E-state index in [1.165, 1.54) is 27.1 Å². The molecule has 1 atom stereocenters. The molecule has 25 heavy (non-hydrogen) atoms. The molecule has 1 aliphatic carbocycles. The van der Waals surface area contributed by atoms with Crippen LogP contribution in [0.3, 0.4) is 0 Å². The first kappa shape index (κ1) is 15.8. The third-order valence-corrected chi connectivity index (χ3v) is 4.56. The van der Waals surface area contributed by atoms with Gasteiger partial charge in [0.05, 0.1) is 14.2 Å². The number of nitrogens with zero attached hydrogens (tertiary/aromatic N) is 7. The highest BCUT2D eigenvalue weighted by atomic mass is 16.5. The molecule has 9 nitrogen and oxygen atoms in total. The molecule has 2 fully saturated rings. The van der Waals surface area contributed by atoms with Crippen LogP contribution in [-0.4, -0.2) is 64.3 Å². The van der Waals surface area contributed by atoms with Crippen LogP contribution in [0.1, 0.15) is 19.3 Å². The molecule has 0 aromatic carbocycles. The lowest BCUT2D eigenvalue weighted by molar-refractivity contribution is 0.340. The van der Waals surface area contributed by atoms with Gasteiger partial charge in [-0.25, -0.2) is 9.97 Å². The number of methoxy groups -OCH3 is 2. The minimum Gasteiger partial charge on any atom is -0.467 e. The van der Waals surface area contributed by atoms with E-state index in [1.807, 2.05) is 6.07 Å². The molecule has 3 heterocycles. The van der Waals surface area contributed by atoms with Gasteiger partial charge in [-0.05, 0) is 25.3 Å². The number of hydrogen-bond acceptors (Lipinski definition) is 9. The van der Waals surface area contributed by atoms with Crippen LogP contribution in [0.15, 0.2) is 18.6 Å². The van der Waals surface area contributed by atoms with Crippen molar-refractivity contribution in [2.24, 2.45) is 0 Å². The molecular formula is C16H21N7O2. The van der Waals surface area contributed by atoms with Crippen LogP contribution in [-0.2, 0) is 0 Å². The summed E-state index contributed by atoms with van der Waals surface area (Å²) in [5.41, 5.74) is 0. The fraction of sp³-hybridized carbons (Fsp3) is 0.562. The van der Waals surface area contributed by atoms with E-state index < -0.39 is 0 Å². The lowest BCUT2D eigenvalue weighted by Crippen LogP contribution is -2.40. The summed E-state index contributed by atoms with van der Waals surface area (Å²) in [6, 6.07) is 3.45. The highest BCUT2D eigenvalue weighted by molar-refractivity contribution is 5.45. The van der Waals surface area contributed by atoms with Gasteiger partial charge in [-0.15, -0.1) is 4.98 Å². The molecule has 1 unspecified atom stereocenters. The highest BCUT2D eigenvalue weighted by Gasteiger charge is 2.38. The van der Waals surface area contributed by atoms with Gasteiger partial charge in [-0.1, -0.05) is 0 Å². The predicted molar refractivity (Wildman–Crippen MR) is 91.1 cm³/mol. The second-order valence-electron chi connectivity index (χ2n) is 6.20. The molecule has 2 aromatic rings. The Morgan fingerprint density at radius 1 is 1.04 bits per heavy atom. The summed E-state index contributed by atoms with van der Waals surface area (Å²) in [6.45, 7) is 1.70. The summed E-state index contributed by atoms with van der Waals surface area (Å²) in [5, 5.41) is 0. The van der Waals surface area contributed by atoms with Gasteiger partial charge in [-0.2, -0.15) is 9.97 Å². The maximum absolute atomic E-state index is 5.15. The average Bonchev–Trinajstić information content (AvgIpc) is 3.38. The molecule has 4 rings (SSSR count). The summed E-state index contributed by atoms with van der Waals surface area (Å²) in [4.78, 5) is 25.9. The van der Waals surface area contributed by atoms with Crippen LogP contribution < -0.4 is 19.3 Å². The molecular weight excluding hydrogens is 322 g/mol. The maximum Gasteiger partial charge on any atom is 0.324 e. The zero-order valence-electron chi connectivity index (χ0n) is 14.4. The molecule has 132 valence electrons. The predicted octanol–water partition coefficient (Wildman–Crippen LogP) is 0.926. The zero-order valence-corrected chi connectivity index (χ0v) is 14.4. The molecule has 1 saturated carbocycles. The van der Waals surface area contributed by atoms with E-state index >= 15 is 0 Å². The summed E-state index contributed by atoms with van der Waals surface area (Å²) < 4.78 is 10.3. The van der Waals surface area contributed by atoms with Crippen molar-refractivity contribution < 1.29 is 9.47 Å². The smallest absolute Gasteiger partial charge is 0.324 e. The van der Waals surface area contributed by atoms with Gasteiger partial charge < -0.3 is 19.3 Å². The van der Waals surface area contributed by atoms with Crippen molar-refractivity contribution in [3.8, 4) is 12.0 Å². The summed E-state index contributed by atoms with van der Waals surface area (Å²) in [7, 11) is 3.07. The van der Waals surface area contributed by atoms with E-state index in [0.717, 1.165) is 25.3 Å². The van der Waals surface area contributed by atoms with E-state index in [2.05, 4.69) is 34.7 Å². The van der Waals surface area contributed by atoms with Crippen LogP contribution in [0.2, 0.25) is 0 Å². The zero-order chi connectivity index (χ0) is 17.2. The van der Waals surface area contributed by atoms with Crippen LogP contribution in [0.4, 0.5) is 11.8 Å². The summed E-state index contributed by atoms with van der Waals surface area (Å²) >= 11 is 0. The van der Waals surface area contributed by atoms with E-state index in [0.29, 0.717) is 18.0 Å². The van der Waals surface area contributed by atoms with Crippen LogP contribution >= 0.6 is 0 Å². The maximum atomic E-state index is 5.15. The SMILES string of the molecule is COc1nc(OC)nc(N2CCC(N(c3ccncn3)C3CC3)C2)n1. The molecule has 0 bridgehead atoms. The minimum absolute atomic E-state index is 0.264. The quantitative estimate of drug-likeness (QED) is 0.759. The first-order valence-corrected chi connectivity index (χ1v) is 8.42. The van der Waals surface area contributed by atoms with Crippen molar-refractivity contribution in [2.75, 3.05) is 37.1 Å². The number of hydrogen-bond donors (Lipinski definition) is 0. The van der Waals surface area contributed by atoms with Crippen molar-refractivity contribution in [1.82, 2.24) is 24.9 Å². The number of rotatable bonds is 6. The first-order chi connectivity index (χ1) is 12.3. The normalized spacial score (nSPS) is 19.8. The third kappa shape index (κ3) is 3.26. The Hall–Kier alpha value is -2.71. The lowest BCUT2D eigenvalue weighted by atomic mass is 10.2. The molecule has 0 amide bonds.